The van der Waals surface area contributed by atoms with Crippen LogP contribution in [0.25, 0.3) is 0 Å². The average molecular weight is 567 g/mol. The predicted octanol–water partition coefficient (Wildman–Crippen LogP) is 4.16. The van der Waals surface area contributed by atoms with E-state index in [1.807, 2.05) is 4.90 Å². The summed E-state index contributed by atoms with van der Waals surface area (Å²) in [5.74, 6) is -1.36. The van der Waals surface area contributed by atoms with Gasteiger partial charge in [-0.25, -0.2) is 9.78 Å². The molecule has 40 heavy (non-hydrogen) atoms. The average Bonchev–Trinajstić information content (AvgIpc) is 3.64. The van der Waals surface area contributed by atoms with E-state index in [1.165, 1.54) is 13.3 Å². The number of methoxy groups -OCH3 is 1. The molecule has 1 saturated carbocycles. The van der Waals surface area contributed by atoms with Gasteiger partial charge in [0, 0.05) is 46.4 Å². The van der Waals surface area contributed by atoms with Crippen molar-refractivity contribution in [1.82, 2.24) is 14.9 Å². The van der Waals surface area contributed by atoms with Crippen LogP contribution in [0.15, 0.2) is 22.7 Å². The Morgan fingerprint density at radius 1 is 1.00 bits per heavy atom. The lowest BCUT2D eigenvalue weighted by Crippen LogP contribution is -2.49. The summed E-state index contributed by atoms with van der Waals surface area (Å²) in [5, 5.41) is 2.43. The molecule has 0 radical (unpaired) electrons. The highest BCUT2D eigenvalue weighted by molar-refractivity contribution is 6.03. The Bertz CT molecular complexity index is 1180. The number of hydrogen-bond donors (Lipinski definition) is 1. The van der Waals surface area contributed by atoms with Crippen molar-refractivity contribution in [2.45, 2.75) is 56.9 Å². The summed E-state index contributed by atoms with van der Waals surface area (Å²) in [7, 11) is 1.54. The highest BCUT2D eigenvalue weighted by atomic mass is 19.4. The number of carbonyl (C=O) groups is 2. The van der Waals surface area contributed by atoms with E-state index >= 15 is 0 Å². The fraction of sp³-hybridized carbons (Fsp3) is 0.615. The van der Waals surface area contributed by atoms with Gasteiger partial charge < -0.3 is 33.9 Å². The van der Waals surface area contributed by atoms with Crippen molar-refractivity contribution in [2.24, 2.45) is 0 Å². The van der Waals surface area contributed by atoms with Crippen molar-refractivity contribution in [3.05, 3.63) is 29.8 Å². The van der Waals surface area contributed by atoms with Crippen LogP contribution in [0, 0.1) is 0 Å². The zero-order chi connectivity index (χ0) is 28.3. The van der Waals surface area contributed by atoms with Crippen molar-refractivity contribution in [3.63, 3.8) is 0 Å². The number of rotatable bonds is 6. The first-order chi connectivity index (χ1) is 19.2. The molecule has 4 heterocycles. The molecular weight excluding hydrogens is 533 g/mol. The molecule has 1 atom stereocenters. The Balaban J connectivity index is 1.19. The maximum absolute atomic E-state index is 13.7. The molecule has 2 aliphatic heterocycles. The van der Waals surface area contributed by atoms with Crippen molar-refractivity contribution < 1.29 is 36.7 Å². The highest BCUT2D eigenvalue weighted by Crippen LogP contribution is 2.35. The van der Waals surface area contributed by atoms with Gasteiger partial charge >= 0.3 is 12.3 Å². The number of alkyl halides is 3. The number of nitrogens with zero attached hydrogens (tertiary/aromatic N) is 5. The van der Waals surface area contributed by atoms with Crippen molar-refractivity contribution in [1.29, 1.82) is 0 Å². The number of anilines is 3. The molecule has 3 aliphatic rings. The van der Waals surface area contributed by atoms with Crippen LogP contribution in [-0.4, -0.2) is 85.5 Å². The molecule has 0 spiro atoms. The van der Waals surface area contributed by atoms with Crippen molar-refractivity contribution in [2.75, 3.05) is 61.5 Å². The molecule has 1 N–H and O–H groups in total. The number of aromatic nitrogens is 2. The molecule has 2 saturated heterocycles. The summed E-state index contributed by atoms with van der Waals surface area (Å²) in [5.41, 5.74) is -1.18. The Hall–Kier alpha value is -3.55. The first-order valence-electron chi connectivity index (χ1n) is 13.5. The smallest absolute Gasteiger partial charge is 0.437 e. The monoisotopic (exact) mass is 566 g/mol. The summed E-state index contributed by atoms with van der Waals surface area (Å²) in [6, 6.07) is 2.95. The lowest BCUT2D eigenvalue weighted by atomic mass is 10.1. The zero-order valence-electron chi connectivity index (χ0n) is 22.3. The van der Waals surface area contributed by atoms with Crippen LogP contribution in [0.1, 0.15) is 54.8 Å². The van der Waals surface area contributed by atoms with Gasteiger partial charge in [-0.3, -0.25) is 4.79 Å². The number of nitrogens with one attached hydrogen (secondary N) is 1. The molecular formula is C26H33F3N6O5. The summed E-state index contributed by atoms with van der Waals surface area (Å²) >= 11 is 0. The predicted molar refractivity (Wildman–Crippen MR) is 138 cm³/mol. The number of amides is 2. The third-order valence-electron chi connectivity index (χ3n) is 7.51. The topological polar surface area (TPSA) is 113 Å². The second kappa shape index (κ2) is 11.9. The molecule has 2 aromatic rings. The Morgan fingerprint density at radius 3 is 2.38 bits per heavy atom. The first kappa shape index (κ1) is 28.0. The molecule has 2 aromatic heterocycles. The van der Waals surface area contributed by atoms with E-state index < -0.39 is 23.5 Å². The van der Waals surface area contributed by atoms with Crippen LogP contribution in [0.2, 0.25) is 0 Å². The third-order valence-corrected chi connectivity index (χ3v) is 7.51. The van der Waals surface area contributed by atoms with Gasteiger partial charge in [-0.05, 0) is 50.7 Å². The van der Waals surface area contributed by atoms with Gasteiger partial charge in [0.05, 0.1) is 18.0 Å². The molecule has 0 bridgehead atoms. The number of oxazole rings is 1. The van der Waals surface area contributed by atoms with Gasteiger partial charge in [0.15, 0.2) is 5.69 Å². The minimum absolute atomic E-state index is 0.0125. The highest BCUT2D eigenvalue weighted by Gasteiger charge is 2.42. The first-order valence-corrected chi connectivity index (χ1v) is 13.5. The van der Waals surface area contributed by atoms with Gasteiger partial charge in [-0.2, -0.15) is 18.2 Å². The van der Waals surface area contributed by atoms with Crippen LogP contribution >= 0.6 is 0 Å². The van der Waals surface area contributed by atoms with E-state index in [4.69, 9.17) is 13.9 Å². The molecule has 1 unspecified atom stereocenters. The summed E-state index contributed by atoms with van der Waals surface area (Å²) < 4.78 is 57.4. The minimum atomic E-state index is -4.88. The molecule has 2 amide bonds. The van der Waals surface area contributed by atoms with E-state index in [-0.39, 0.29) is 30.0 Å². The lowest BCUT2D eigenvalue weighted by molar-refractivity contribution is -0.141. The third kappa shape index (κ3) is 6.43. The van der Waals surface area contributed by atoms with E-state index in [1.54, 1.807) is 21.9 Å². The van der Waals surface area contributed by atoms with Crippen LogP contribution in [-0.2, 0) is 15.7 Å². The maximum atomic E-state index is 13.7. The molecule has 11 nitrogen and oxygen atoms in total. The molecule has 218 valence electrons. The standard InChI is InChI=1S/C26H33F3N6O5/c1-38-19-7-4-10-35(16-19)24-32-22(26(27,28)29)21(40-24)23(36)31-17-8-9-20(30-15-17)33-11-13-34(14-12-33)25(37)39-18-5-2-3-6-18/h8-9,15,18-19H,2-7,10-14,16H2,1H3,(H,31,36). The number of pyridine rings is 1. The van der Waals surface area contributed by atoms with Gasteiger partial charge in [-0.1, -0.05) is 0 Å². The molecule has 0 aromatic carbocycles. The summed E-state index contributed by atoms with van der Waals surface area (Å²) in [4.78, 5) is 38.4. The van der Waals surface area contributed by atoms with Gasteiger partial charge in [-0.15, -0.1) is 0 Å². The minimum Gasteiger partial charge on any atom is -0.446 e. The molecule has 5 rings (SSSR count). The van der Waals surface area contributed by atoms with E-state index in [0.29, 0.717) is 51.5 Å². The fourth-order valence-corrected chi connectivity index (χ4v) is 5.27. The normalized spacial score (nSPS) is 20.6. The lowest BCUT2D eigenvalue weighted by Gasteiger charge is -2.35. The van der Waals surface area contributed by atoms with Crippen LogP contribution in [0.4, 0.5) is 35.5 Å². The van der Waals surface area contributed by atoms with E-state index in [9.17, 15) is 22.8 Å². The van der Waals surface area contributed by atoms with E-state index in [0.717, 1.165) is 32.1 Å². The number of carbonyl (C=O) groups excluding carboxylic acids is 2. The number of hydrogen-bond acceptors (Lipinski definition) is 9. The van der Waals surface area contributed by atoms with Gasteiger partial charge in [0.1, 0.15) is 11.9 Å². The summed E-state index contributed by atoms with van der Waals surface area (Å²) in [6.07, 6.45) is 1.54. The molecule has 3 fully saturated rings. The van der Waals surface area contributed by atoms with Gasteiger partial charge in [0.2, 0.25) is 5.76 Å². The number of ether oxygens (including phenoxy) is 2. The fourth-order valence-electron chi connectivity index (χ4n) is 5.27. The zero-order valence-corrected chi connectivity index (χ0v) is 22.3. The second-order valence-corrected chi connectivity index (χ2v) is 10.2. The van der Waals surface area contributed by atoms with Gasteiger partial charge in [0.25, 0.3) is 11.9 Å². The van der Waals surface area contributed by atoms with Crippen molar-refractivity contribution >= 4 is 29.5 Å². The Morgan fingerprint density at radius 2 is 1.73 bits per heavy atom. The Kier molecular flexibility index (Phi) is 8.33. The number of piperidine rings is 1. The van der Waals surface area contributed by atoms with Crippen LogP contribution in [0.3, 0.4) is 0 Å². The number of halogens is 3. The van der Waals surface area contributed by atoms with Crippen molar-refractivity contribution in [3.8, 4) is 0 Å². The molecule has 14 heteroatoms. The number of piperazine rings is 1. The van der Waals surface area contributed by atoms with Crippen LogP contribution < -0.4 is 15.1 Å². The quantitative estimate of drug-likeness (QED) is 0.551. The maximum Gasteiger partial charge on any atom is 0.437 e. The summed E-state index contributed by atoms with van der Waals surface area (Å²) in [6.45, 7) is 2.84. The molecule has 1 aliphatic carbocycles. The van der Waals surface area contributed by atoms with Crippen LogP contribution in [0.5, 0.6) is 0 Å². The van der Waals surface area contributed by atoms with E-state index in [2.05, 4.69) is 15.3 Å². The largest absolute Gasteiger partial charge is 0.446 e. The second-order valence-electron chi connectivity index (χ2n) is 10.2. The Labute approximate surface area is 229 Å². The SMILES string of the molecule is COC1CCCN(c2nc(C(F)(F)F)c(C(=O)Nc3ccc(N4CCN(C(=O)OC5CCCC5)CC4)nc3)o2)C1.